The summed E-state index contributed by atoms with van der Waals surface area (Å²) in [7, 11) is 0. The molecule has 1 aromatic carbocycles. The van der Waals surface area contributed by atoms with Crippen molar-refractivity contribution in [3.05, 3.63) is 35.9 Å². The normalized spacial score (nSPS) is 19.4. The minimum atomic E-state index is -0.925. The van der Waals surface area contributed by atoms with Crippen LogP contribution in [0, 0.1) is 5.41 Å². The highest BCUT2D eigenvalue weighted by molar-refractivity contribution is 5.91. The average molecular weight is 403 g/mol. The van der Waals surface area contributed by atoms with Crippen molar-refractivity contribution in [1.29, 1.82) is 0 Å². The van der Waals surface area contributed by atoms with Crippen LogP contribution in [0.2, 0.25) is 0 Å². The topological polar surface area (TPSA) is 67.4 Å². The first kappa shape index (κ1) is 23.2. The summed E-state index contributed by atoms with van der Waals surface area (Å²) in [6.45, 7) is 7.05. The fraction of sp³-hybridized carbons (Fsp3) is 0.667. The Kier molecular flexibility index (Phi) is 8.99. The van der Waals surface area contributed by atoms with Crippen molar-refractivity contribution in [2.75, 3.05) is 6.54 Å². The van der Waals surface area contributed by atoms with Crippen molar-refractivity contribution in [2.24, 2.45) is 5.41 Å². The van der Waals surface area contributed by atoms with Crippen molar-refractivity contribution in [1.82, 2.24) is 10.6 Å². The summed E-state index contributed by atoms with van der Waals surface area (Å²) >= 11 is 0. The predicted molar refractivity (Wildman–Crippen MR) is 117 cm³/mol. The van der Waals surface area contributed by atoms with Crippen molar-refractivity contribution in [3.63, 3.8) is 0 Å². The minimum Gasteiger partial charge on any atom is -0.459 e. The quantitative estimate of drug-likeness (QED) is 0.346. The molecule has 2 N–H and O–H groups in total. The number of hydrogen-bond acceptors (Lipinski definition) is 3. The number of benzene rings is 1. The van der Waals surface area contributed by atoms with Gasteiger partial charge in [0.15, 0.2) is 0 Å². The molecule has 2 rings (SSSR count). The monoisotopic (exact) mass is 402 g/mol. The SMILES string of the molecule is CCCCCCCCCCNC(=O)N[C@@]1(C(=O)OCc2ccccc2)CC1(C)C. The number of urea groups is 1. The van der Waals surface area contributed by atoms with Gasteiger partial charge in [0.1, 0.15) is 12.1 Å². The Bertz CT molecular complexity index is 645. The van der Waals surface area contributed by atoms with E-state index in [0.717, 1.165) is 18.4 Å². The first-order chi connectivity index (χ1) is 13.9. The zero-order valence-corrected chi connectivity index (χ0v) is 18.4. The van der Waals surface area contributed by atoms with E-state index in [2.05, 4.69) is 17.6 Å². The molecule has 1 atom stereocenters. The fourth-order valence-electron chi connectivity index (χ4n) is 3.78. The smallest absolute Gasteiger partial charge is 0.332 e. The third-order valence-corrected chi connectivity index (χ3v) is 5.94. The highest BCUT2D eigenvalue weighted by Gasteiger charge is 2.68. The molecule has 1 aliphatic carbocycles. The van der Waals surface area contributed by atoms with Gasteiger partial charge in [-0.1, -0.05) is 96.0 Å². The lowest BCUT2D eigenvalue weighted by Gasteiger charge is -2.21. The Balaban J connectivity index is 1.67. The van der Waals surface area contributed by atoms with Gasteiger partial charge in [-0.15, -0.1) is 0 Å². The van der Waals surface area contributed by atoms with Crippen LogP contribution in [0.3, 0.4) is 0 Å². The summed E-state index contributed by atoms with van der Waals surface area (Å²) in [4.78, 5) is 25.1. The molecule has 1 aromatic rings. The number of ether oxygens (including phenoxy) is 1. The molecule has 5 nitrogen and oxygen atoms in total. The maximum Gasteiger partial charge on any atom is 0.332 e. The maximum absolute atomic E-state index is 12.7. The second-order valence-electron chi connectivity index (χ2n) is 8.88. The molecule has 0 aromatic heterocycles. The van der Waals surface area contributed by atoms with E-state index in [4.69, 9.17) is 4.74 Å². The molecule has 162 valence electrons. The van der Waals surface area contributed by atoms with Gasteiger partial charge in [-0.2, -0.15) is 0 Å². The van der Waals surface area contributed by atoms with Gasteiger partial charge in [0.25, 0.3) is 0 Å². The zero-order chi connectivity index (χ0) is 21.2. The van der Waals surface area contributed by atoms with Crippen LogP contribution in [0.1, 0.15) is 84.1 Å². The molecule has 0 radical (unpaired) electrons. The van der Waals surface area contributed by atoms with Gasteiger partial charge in [0.2, 0.25) is 0 Å². The van der Waals surface area contributed by atoms with E-state index < -0.39 is 5.54 Å². The Labute approximate surface area is 176 Å². The molecule has 1 saturated carbocycles. The molecule has 0 bridgehead atoms. The summed E-state index contributed by atoms with van der Waals surface area (Å²) in [5.41, 5.74) is -0.282. The van der Waals surface area contributed by atoms with Crippen LogP contribution in [0.25, 0.3) is 0 Å². The van der Waals surface area contributed by atoms with E-state index in [0.29, 0.717) is 13.0 Å². The van der Waals surface area contributed by atoms with E-state index in [1.54, 1.807) is 0 Å². The van der Waals surface area contributed by atoms with Gasteiger partial charge in [-0.25, -0.2) is 9.59 Å². The molecular formula is C24H38N2O3. The van der Waals surface area contributed by atoms with E-state index in [1.165, 1.54) is 38.5 Å². The molecule has 1 aliphatic rings. The molecule has 0 heterocycles. The van der Waals surface area contributed by atoms with Crippen LogP contribution in [-0.2, 0) is 16.1 Å². The Hall–Kier alpha value is -2.04. The number of esters is 1. The van der Waals surface area contributed by atoms with Gasteiger partial charge in [0.05, 0.1) is 0 Å². The second-order valence-corrected chi connectivity index (χ2v) is 8.88. The van der Waals surface area contributed by atoms with Gasteiger partial charge < -0.3 is 15.4 Å². The van der Waals surface area contributed by atoms with Gasteiger partial charge in [-0.3, -0.25) is 0 Å². The molecule has 0 aliphatic heterocycles. The number of unbranched alkanes of at least 4 members (excludes halogenated alkanes) is 7. The lowest BCUT2D eigenvalue weighted by atomic mass is 10.0. The first-order valence-corrected chi connectivity index (χ1v) is 11.2. The van der Waals surface area contributed by atoms with Crippen LogP contribution < -0.4 is 10.6 Å². The Morgan fingerprint density at radius 3 is 2.14 bits per heavy atom. The zero-order valence-electron chi connectivity index (χ0n) is 18.4. The number of hydrogen-bond donors (Lipinski definition) is 2. The summed E-state index contributed by atoms with van der Waals surface area (Å²) in [5.74, 6) is -0.353. The van der Waals surface area contributed by atoms with Gasteiger partial charge >= 0.3 is 12.0 Å². The summed E-state index contributed by atoms with van der Waals surface area (Å²) in [6.07, 6.45) is 10.4. The van der Waals surface area contributed by atoms with Crippen LogP contribution in [0.15, 0.2) is 30.3 Å². The van der Waals surface area contributed by atoms with Crippen LogP contribution in [-0.4, -0.2) is 24.1 Å². The van der Waals surface area contributed by atoms with E-state index in [-0.39, 0.29) is 24.0 Å². The second kappa shape index (κ2) is 11.2. The first-order valence-electron chi connectivity index (χ1n) is 11.2. The third kappa shape index (κ3) is 7.06. The highest BCUT2D eigenvalue weighted by atomic mass is 16.5. The van der Waals surface area contributed by atoms with Crippen LogP contribution in [0.4, 0.5) is 4.79 Å². The lowest BCUT2D eigenvalue weighted by molar-refractivity contribution is -0.149. The number of nitrogens with one attached hydrogen (secondary N) is 2. The van der Waals surface area contributed by atoms with Crippen LogP contribution in [0.5, 0.6) is 0 Å². The molecule has 0 spiro atoms. The van der Waals surface area contributed by atoms with Gasteiger partial charge in [-0.05, 0) is 18.4 Å². The van der Waals surface area contributed by atoms with E-state index in [1.807, 2.05) is 44.2 Å². The maximum atomic E-state index is 12.7. The summed E-state index contributed by atoms with van der Waals surface area (Å²) < 4.78 is 5.51. The molecule has 1 fully saturated rings. The minimum absolute atomic E-state index is 0.221. The Morgan fingerprint density at radius 2 is 1.55 bits per heavy atom. The highest BCUT2D eigenvalue weighted by Crippen LogP contribution is 2.56. The van der Waals surface area contributed by atoms with E-state index >= 15 is 0 Å². The average Bonchev–Trinajstić information content (AvgIpc) is 3.26. The van der Waals surface area contributed by atoms with Crippen molar-refractivity contribution >= 4 is 12.0 Å². The number of rotatable bonds is 13. The lowest BCUT2D eigenvalue weighted by Crippen LogP contribution is -2.51. The number of carbonyl (C=O) groups is 2. The Morgan fingerprint density at radius 1 is 0.966 bits per heavy atom. The summed E-state index contributed by atoms with van der Waals surface area (Å²) in [5, 5.41) is 5.79. The van der Waals surface area contributed by atoms with Crippen LogP contribution >= 0.6 is 0 Å². The van der Waals surface area contributed by atoms with E-state index in [9.17, 15) is 9.59 Å². The standard InChI is InChI=1S/C24H38N2O3/c1-4-5-6-7-8-9-10-14-17-25-22(28)26-24(19-23(24,2)3)21(27)29-18-20-15-12-11-13-16-20/h11-13,15-16H,4-10,14,17-19H2,1-3H3,(H2,25,26,28)/t24-/m1/s1. The van der Waals surface area contributed by atoms with Crippen molar-refractivity contribution in [2.45, 2.75) is 90.7 Å². The molecule has 5 heteroatoms. The van der Waals surface area contributed by atoms with Crippen molar-refractivity contribution < 1.29 is 14.3 Å². The third-order valence-electron chi connectivity index (χ3n) is 5.94. The van der Waals surface area contributed by atoms with Crippen molar-refractivity contribution in [3.8, 4) is 0 Å². The summed E-state index contributed by atoms with van der Waals surface area (Å²) in [6, 6.07) is 9.31. The number of carbonyl (C=O) groups excluding carboxylic acids is 2. The molecule has 0 unspecified atom stereocenters. The fourth-order valence-corrected chi connectivity index (χ4v) is 3.78. The number of amides is 2. The molecule has 0 saturated heterocycles. The molecule has 2 amide bonds. The largest absolute Gasteiger partial charge is 0.459 e. The predicted octanol–water partition coefficient (Wildman–Crippen LogP) is 5.34. The molecule has 29 heavy (non-hydrogen) atoms. The molecular weight excluding hydrogens is 364 g/mol. The van der Waals surface area contributed by atoms with Gasteiger partial charge in [0, 0.05) is 12.0 Å².